The molecule has 2 aromatic rings. The van der Waals surface area contributed by atoms with Crippen molar-refractivity contribution in [3.05, 3.63) is 77.4 Å². The SMILES string of the molecule is COC(=O)CC1=C(c2ccccc2)CN(C(=O)N[C@@H](C)c2ccccc2)[C@@H]1C(=O)OC. The summed E-state index contributed by atoms with van der Waals surface area (Å²) < 4.78 is 9.82. The highest BCUT2D eigenvalue weighted by atomic mass is 16.5. The summed E-state index contributed by atoms with van der Waals surface area (Å²) >= 11 is 0. The summed E-state index contributed by atoms with van der Waals surface area (Å²) in [5, 5.41) is 2.94. The average molecular weight is 422 g/mol. The first kappa shape index (κ1) is 22.1. The lowest BCUT2D eigenvalue weighted by Gasteiger charge is -2.27. The monoisotopic (exact) mass is 422 g/mol. The third kappa shape index (κ3) is 4.94. The summed E-state index contributed by atoms with van der Waals surface area (Å²) in [6.07, 6.45) is -0.113. The zero-order valence-corrected chi connectivity index (χ0v) is 17.8. The van der Waals surface area contributed by atoms with Gasteiger partial charge in [0.1, 0.15) is 0 Å². The van der Waals surface area contributed by atoms with Crippen molar-refractivity contribution in [2.24, 2.45) is 0 Å². The maximum absolute atomic E-state index is 13.2. The van der Waals surface area contributed by atoms with Gasteiger partial charge in [-0.05, 0) is 29.2 Å². The van der Waals surface area contributed by atoms with Gasteiger partial charge in [-0.15, -0.1) is 0 Å². The number of hydrogen-bond donors (Lipinski definition) is 1. The molecule has 0 unspecified atom stereocenters. The summed E-state index contributed by atoms with van der Waals surface area (Å²) in [7, 11) is 2.56. The van der Waals surface area contributed by atoms with Gasteiger partial charge in [0.05, 0.1) is 26.7 Å². The first-order valence-electron chi connectivity index (χ1n) is 10.00. The maximum atomic E-state index is 13.2. The Labute approximate surface area is 181 Å². The molecule has 0 saturated heterocycles. The normalized spacial score (nSPS) is 16.6. The van der Waals surface area contributed by atoms with Crippen LogP contribution in [0.3, 0.4) is 0 Å². The molecule has 162 valence electrons. The minimum Gasteiger partial charge on any atom is -0.469 e. The molecule has 7 heteroatoms. The van der Waals surface area contributed by atoms with Gasteiger partial charge in [0, 0.05) is 6.54 Å². The van der Waals surface area contributed by atoms with Crippen LogP contribution in [0.4, 0.5) is 4.79 Å². The van der Waals surface area contributed by atoms with Gasteiger partial charge in [-0.25, -0.2) is 9.59 Å². The van der Waals surface area contributed by atoms with E-state index >= 15 is 0 Å². The van der Waals surface area contributed by atoms with Gasteiger partial charge in [0.15, 0.2) is 6.04 Å². The fourth-order valence-electron chi connectivity index (χ4n) is 3.73. The first-order valence-corrected chi connectivity index (χ1v) is 10.00. The number of carbonyl (C=O) groups is 3. The lowest BCUT2D eigenvalue weighted by molar-refractivity contribution is -0.144. The fourth-order valence-corrected chi connectivity index (χ4v) is 3.73. The second kappa shape index (κ2) is 9.93. The van der Waals surface area contributed by atoms with Crippen LogP contribution in [-0.4, -0.2) is 49.7 Å². The zero-order valence-electron chi connectivity index (χ0n) is 17.8. The minimum atomic E-state index is -1.01. The largest absolute Gasteiger partial charge is 0.469 e. The molecule has 1 aliphatic rings. The van der Waals surface area contributed by atoms with Crippen molar-refractivity contribution in [1.82, 2.24) is 10.2 Å². The predicted octanol–water partition coefficient (Wildman–Crippen LogP) is 3.33. The predicted molar refractivity (Wildman–Crippen MR) is 116 cm³/mol. The van der Waals surface area contributed by atoms with Gasteiger partial charge in [0.2, 0.25) is 0 Å². The van der Waals surface area contributed by atoms with Crippen LogP contribution in [-0.2, 0) is 19.1 Å². The number of nitrogens with zero attached hydrogens (tertiary/aromatic N) is 1. The number of ether oxygens (including phenoxy) is 2. The highest BCUT2D eigenvalue weighted by Crippen LogP contribution is 2.35. The Hall–Kier alpha value is -3.61. The summed E-state index contributed by atoms with van der Waals surface area (Å²) in [5.41, 5.74) is 3.02. The molecular formula is C24H26N2O5. The molecule has 0 aliphatic carbocycles. The van der Waals surface area contributed by atoms with E-state index in [0.29, 0.717) is 5.57 Å². The van der Waals surface area contributed by atoms with E-state index in [1.807, 2.05) is 67.6 Å². The Morgan fingerprint density at radius 2 is 1.61 bits per heavy atom. The third-order valence-electron chi connectivity index (χ3n) is 5.37. The number of rotatable bonds is 6. The van der Waals surface area contributed by atoms with E-state index in [1.165, 1.54) is 19.1 Å². The maximum Gasteiger partial charge on any atom is 0.333 e. The number of amides is 2. The summed E-state index contributed by atoms with van der Waals surface area (Å²) in [6.45, 7) is 2.04. The van der Waals surface area contributed by atoms with Gasteiger partial charge >= 0.3 is 18.0 Å². The molecule has 2 atom stereocenters. The molecule has 2 amide bonds. The number of urea groups is 1. The lowest BCUT2D eigenvalue weighted by atomic mass is 9.96. The number of benzene rings is 2. The van der Waals surface area contributed by atoms with E-state index in [1.54, 1.807) is 0 Å². The second-order valence-corrected chi connectivity index (χ2v) is 7.26. The Balaban J connectivity index is 1.94. The topological polar surface area (TPSA) is 84.9 Å². The molecule has 7 nitrogen and oxygen atoms in total. The van der Waals surface area contributed by atoms with Gasteiger partial charge in [-0.3, -0.25) is 4.79 Å². The number of nitrogens with one attached hydrogen (secondary N) is 1. The Morgan fingerprint density at radius 1 is 1.00 bits per heavy atom. The molecule has 1 N–H and O–H groups in total. The van der Waals surface area contributed by atoms with Crippen LogP contribution in [0.2, 0.25) is 0 Å². The molecule has 0 bridgehead atoms. The first-order chi connectivity index (χ1) is 15.0. The molecule has 31 heavy (non-hydrogen) atoms. The van der Waals surface area contributed by atoms with Crippen molar-refractivity contribution in [3.8, 4) is 0 Å². The van der Waals surface area contributed by atoms with Crippen molar-refractivity contribution >= 4 is 23.5 Å². The van der Waals surface area contributed by atoms with Crippen LogP contribution in [0.25, 0.3) is 5.57 Å². The van der Waals surface area contributed by atoms with Crippen molar-refractivity contribution in [3.63, 3.8) is 0 Å². The van der Waals surface area contributed by atoms with Crippen molar-refractivity contribution < 1.29 is 23.9 Å². The van der Waals surface area contributed by atoms with E-state index in [4.69, 9.17) is 9.47 Å². The van der Waals surface area contributed by atoms with Crippen molar-refractivity contribution in [1.29, 1.82) is 0 Å². The minimum absolute atomic E-state index is 0.113. The zero-order chi connectivity index (χ0) is 22.4. The van der Waals surface area contributed by atoms with E-state index < -0.39 is 24.0 Å². The molecule has 2 aromatic carbocycles. The van der Waals surface area contributed by atoms with E-state index in [2.05, 4.69) is 5.32 Å². The van der Waals surface area contributed by atoms with E-state index in [0.717, 1.165) is 16.7 Å². The van der Waals surface area contributed by atoms with Crippen LogP contribution < -0.4 is 5.32 Å². The lowest BCUT2D eigenvalue weighted by Crippen LogP contribution is -2.48. The third-order valence-corrected chi connectivity index (χ3v) is 5.37. The Bertz CT molecular complexity index is 972. The fraction of sp³-hybridized carbons (Fsp3) is 0.292. The van der Waals surface area contributed by atoms with Crippen molar-refractivity contribution in [2.75, 3.05) is 20.8 Å². The van der Waals surface area contributed by atoms with E-state index in [9.17, 15) is 14.4 Å². The molecule has 0 spiro atoms. The molecule has 1 aliphatic heterocycles. The molecule has 0 radical (unpaired) electrons. The molecule has 3 rings (SSSR count). The van der Waals surface area contributed by atoms with Crippen LogP contribution in [0, 0.1) is 0 Å². The summed E-state index contributed by atoms with van der Waals surface area (Å²) in [6, 6.07) is 17.2. The Morgan fingerprint density at radius 3 is 2.19 bits per heavy atom. The number of hydrogen-bond acceptors (Lipinski definition) is 5. The van der Waals surface area contributed by atoms with Crippen LogP contribution in [0.5, 0.6) is 0 Å². The van der Waals surface area contributed by atoms with Crippen LogP contribution in [0.15, 0.2) is 66.2 Å². The number of methoxy groups -OCH3 is 2. The molecule has 0 saturated carbocycles. The summed E-state index contributed by atoms with van der Waals surface area (Å²) in [5.74, 6) is -1.09. The standard InChI is InChI=1S/C24H26N2O5/c1-16(17-10-6-4-7-11-17)25-24(29)26-15-20(18-12-8-5-9-13-18)19(14-21(27)30-2)22(26)23(28)31-3/h4-13,16,22H,14-15H2,1-3H3,(H,25,29)/t16-,22-/m0/s1. The second-order valence-electron chi connectivity index (χ2n) is 7.26. The quantitative estimate of drug-likeness (QED) is 0.722. The van der Waals surface area contributed by atoms with E-state index in [-0.39, 0.29) is 19.0 Å². The highest BCUT2D eigenvalue weighted by Gasteiger charge is 2.42. The van der Waals surface area contributed by atoms with Crippen LogP contribution in [0.1, 0.15) is 30.5 Å². The summed E-state index contributed by atoms with van der Waals surface area (Å²) in [4.78, 5) is 39.4. The van der Waals surface area contributed by atoms with Crippen LogP contribution >= 0.6 is 0 Å². The molecular weight excluding hydrogens is 396 g/mol. The smallest absolute Gasteiger partial charge is 0.333 e. The highest BCUT2D eigenvalue weighted by molar-refractivity contribution is 5.96. The molecule has 0 fully saturated rings. The average Bonchev–Trinajstić information content (AvgIpc) is 3.18. The van der Waals surface area contributed by atoms with Gasteiger partial charge < -0.3 is 19.7 Å². The van der Waals surface area contributed by atoms with Gasteiger partial charge in [-0.1, -0.05) is 60.7 Å². The molecule has 1 heterocycles. The van der Waals surface area contributed by atoms with Gasteiger partial charge in [-0.2, -0.15) is 0 Å². The molecule has 0 aromatic heterocycles. The van der Waals surface area contributed by atoms with Crippen molar-refractivity contribution in [2.45, 2.75) is 25.4 Å². The Kier molecular flexibility index (Phi) is 7.07. The number of carbonyl (C=O) groups excluding carboxylic acids is 3. The number of esters is 2. The van der Waals surface area contributed by atoms with Gasteiger partial charge in [0.25, 0.3) is 0 Å².